The first-order valence-electron chi connectivity index (χ1n) is 6.45. The molecule has 1 amide bonds. The first kappa shape index (κ1) is 17.0. The van der Waals surface area contributed by atoms with Gasteiger partial charge >= 0.3 is 5.97 Å². The van der Waals surface area contributed by atoms with E-state index in [1.54, 1.807) is 0 Å². The number of carbonyl (C=O) groups excluding carboxylic acids is 1. The van der Waals surface area contributed by atoms with Crippen molar-refractivity contribution in [3.63, 3.8) is 0 Å². The Labute approximate surface area is 120 Å². The molecule has 4 nitrogen and oxygen atoms in total. The third-order valence-electron chi connectivity index (χ3n) is 3.01. The van der Waals surface area contributed by atoms with Gasteiger partial charge in [0, 0.05) is 25.1 Å². The fourth-order valence-electron chi connectivity index (χ4n) is 1.79. The highest BCUT2D eigenvalue weighted by Gasteiger charge is 2.18. The van der Waals surface area contributed by atoms with Crippen molar-refractivity contribution in [3.8, 4) is 0 Å². The zero-order valence-corrected chi connectivity index (χ0v) is 11.5. The van der Waals surface area contributed by atoms with Crippen LogP contribution in [-0.4, -0.2) is 23.5 Å². The van der Waals surface area contributed by atoms with E-state index in [0.717, 1.165) is 0 Å². The number of hydrogen-bond donors (Lipinski definition) is 2. The van der Waals surface area contributed by atoms with E-state index < -0.39 is 34.9 Å². The molecule has 0 aliphatic rings. The van der Waals surface area contributed by atoms with Gasteiger partial charge in [-0.2, -0.15) is 0 Å². The number of hydrogen-bond acceptors (Lipinski definition) is 2. The van der Waals surface area contributed by atoms with Crippen molar-refractivity contribution < 1.29 is 27.9 Å². The minimum atomic E-state index is -1.26. The van der Waals surface area contributed by atoms with Crippen molar-refractivity contribution in [1.29, 1.82) is 0 Å². The molecule has 0 aliphatic carbocycles. The number of carbonyl (C=O) groups is 2. The molecule has 21 heavy (non-hydrogen) atoms. The van der Waals surface area contributed by atoms with Crippen LogP contribution < -0.4 is 5.32 Å². The second-order valence-electron chi connectivity index (χ2n) is 4.83. The molecule has 0 saturated carbocycles. The third-order valence-corrected chi connectivity index (χ3v) is 3.01. The Hall–Kier alpha value is -2.05. The predicted molar refractivity (Wildman–Crippen MR) is 69.3 cm³/mol. The van der Waals surface area contributed by atoms with E-state index >= 15 is 0 Å². The van der Waals surface area contributed by atoms with E-state index in [2.05, 4.69) is 5.32 Å². The van der Waals surface area contributed by atoms with Crippen LogP contribution in [0.25, 0.3) is 0 Å². The molecule has 0 saturated heterocycles. The Bertz CT molecular complexity index is 511. The maximum Gasteiger partial charge on any atom is 0.303 e. The number of aliphatic carboxylic acids is 1. The van der Waals surface area contributed by atoms with E-state index in [-0.39, 0.29) is 18.9 Å². The lowest BCUT2D eigenvalue weighted by molar-refractivity contribution is -0.137. The van der Waals surface area contributed by atoms with E-state index in [4.69, 9.17) is 5.11 Å². The van der Waals surface area contributed by atoms with Crippen molar-refractivity contribution in [2.45, 2.75) is 26.2 Å². The minimum Gasteiger partial charge on any atom is -0.481 e. The van der Waals surface area contributed by atoms with Crippen LogP contribution in [0.2, 0.25) is 0 Å². The van der Waals surface area contributed by atoms with Gasteiger partial charge < -0.3 is 10.4 Å². The number of carboxylic acid groups (broad SMARTS) is 1. The van der Waals surface area contributed by atoms with Crippen LogP contribution in [0.15, 0.2) is 12.1 Å². The minimum absolute atomic E-state index is 0.0241. The Kier molecular flexibility index (Phi) is 6.20. The normalized spacial score (nSPS) is 12.0. The van der Waals surface area contributed by atoms with Crippen molar-refractivity contribution in [1.82, 2.24) is 5.32 Å². The number of nitrogens with one attached hydrogen (secondary N) is 1. The smallest absolute Gasteiger partial charge is 0.303 e. The fourth-order valence-corrected chi connectivity index (χ4v) is 1.79. The van der Waals surface area contributed by atoms with E-state index in [1.165, 1.54) is 0 Å². The fraction of sp³-hybridized carbons (Fsp3) is 0.429. The van der Waals surface area contributed by atoms with Crippen LogP contribution in [0, 0.1) is 23.4 Å². The lowest BCUT2D eigenvalue weighted by Crippen LogP contribution is -2.27. The second kappa shape index (κ2) is 7.66. The lowest BCUT2D eigenvalue weighted by Gasteiger charge is -2.11. The predicted octanol–water partition coefficient (Wildman–Crippen LogP) is 2.72. The molecule has 0 radical (unpaired) electrons. The largest absolute Gasteiger partial charge is 0.481 e. The van der Waals surface area contributed by atoms with Crippen LogP contribution in [0.1, 0.15) is 36.5 Å². The van der Waals surface area contributed by atoms with Gasteiger partial charge in [-0.05, 0) is 18.8 Å². The number of halogens is 3. The molecule has 7 heteroatoms. The molecule has 1 aromatic carbocycles. The third kappa shape index (κ3) is 5.45. The monoisotopic (exact) mass is 303 g/mol. The van der Waals surface area contributed by atoms with Crippen molar-refractivity contribution >= 4 is 11.9 Å². The standard InChI is InChI=1S/C14H16F3NO3/c1-8(2-3-12(19)20)4-5-18-14(21)13-10(16)6-9(15)7-11(13)17/h6-8H,2-5H2,1H3,(H,18,21)(H,19,20). The summed E-state index contributed by atoms with van der Waals surface area (Å²) in [6.45, 7) is 1.96. The molecule has 0 aromatic heterocycles. The zero-order chi connectivity index (χ0) is 16.0. The molecule has 116 valence electrons. The summed E-state index contributed by atoms with van der Waals surface area (Å²) in [6.07, 6.45) is 0.949. The van der Waals surface area contributed by atoms with Crippen LogP contribution in [-0.2, 0) is 4.79 Å². The SMILES string of the molecule is CC(CCNC(=O)c1c(F)cc(F)cc1F)CCC(=O)O. The molecule has 0 heterocycles. The molecule has 2 N–H and O–H groups in total. The summed E-state index contributed by atoms with van der Waals surface area (Å²) >= 11 is 0. The van der Waals surface area contributed by atoms with Gasteiger partial charge in [0.25, 0.3) is 5.91 Å². The first-order chi connectivity index (χ1) is 9.81. The maximum absolute atomic E-state index is 13.4. The number of amides is 1. The summed E-state index contributed by atoms with van der Waals surface area (Å²) in [4.78, 5) is 22.0. The number of rotatable bonds is 7. The topological polar surface area (TPSA) is 66.4 Å². The quantitative estimate of drug-likeness (QED) is 0.814. The highest BCUT2D eigenvalue weighted by Crippen LogP contribution is 2.15. The number of carboxylic acids is 1. The highest BCUT2D eigenvalue weighted by atomic mass is 19.1. The van der Waals surface area contributed by atoms with Crippen LogP contribution in [0.4, 0.5) is 13.2 Å². The Morgan fingerprint density at radius 1 is 1.19 bits per heavy atom. The molecule has 1 atom stereocenters. The van der Waals surface area contributed by atoms with Crippen LogP contribution in [0.5, 0.6) is 0 Å². The molecule has 0 aliphatic heterocycles. The highest BCUT2D eigenvalue weighted by molar-refractivity contribution is 5.94. The van der Waals surface area contributed by atoms with Crippen molar-refractivity contribution in [3.05, 3.63) is 35.1 Å². The second-order valence-corrected chi connectivity index (χ2v) is 4.83. The summed E-state index contributed by atoms with van der Waals surface area (Å²) in [6, 6.07) is 0.876. The molecule has 1 unspecified atom stereocenters. The summed E-state index contributed by atoms with van der Waals surface area (Å²) in [5.74, 6) is -5.43. The molecule has 0 spiro atoms. The maximum atomic E-state index is 13.4. The van der Waals surface area contributed by atoms with Crippen molar-refractivity contribution in [2.24, 2.45) is 5.92 Å². The first-order valence-corrected chi connectivity index (χ1v) is 6.45. The summed E-state index contributed by atoms with van der Waals surface area (Å²) < 4.78 is 39.4. The molecular weight excluding hydrogens is 287 g/mol. The van der Waals surface area contributed by atoms with Gasteiger partial charge in [-0.3, -0.25) is 9.59 Å². The average molecular weight is 303 g/mol. The summed E-state index contributed by atoms with van der Waals surface area (Å²) in [5, 5.41) is 10.9. The Morgan fingerprint density at radius 2 is 1.76 bits per heavy atom. The van der Waals surface area contributed by atoms with Crippen LogP contribution >= 0.6 is 0 Å². The lowest BCUT2D eigenvalue weighted by atomic mass is 10.0. The Morgan fingerprint density at radius 3 is 2.29 bits per heavy atom. The van der Waals surface area contributed by atoms with Gasteiger partial charge in [-0.25, -0.2) is 13.2 Å². The molecule has 1 aromatic rings. The van der Waals surface area contributed by atoms with Crippen LogP contribution in [0.3, 0.4) is 0 Å². The van der Waals surface area contributed by atoms with Gasteiger partial charge in [0.1, 0.15) is 23.0 Å². The molecular formula is C14H16F3NO3. The molecule has 1 rings (SSSR count). The summed E-state index contributed by atoms with van der Waals surface area (Å²) in [5.41, 5.74) is -0.824. The van der Waals surface area contributed by atoms with Gasteiger partial charge in [0.15, 0.2) is 0 Å². The van der Waals surface area contributed by atoms with Gasteiger partial charge in [-0.1, -0.05) is 6.92 Å². The van der Waals surface area contributed by atoms with E-state index in [9.17, 15) is 22.8 Å². The van der Waals surface area contributed by atoms with Crippen molar-refractivity contribution in [2.75, 3.05) is 6.54 Å². The molecule has 0 fully saturated rings. The number of benzene rings is 1. The van der Waals surface area contributed by atoms with Gasteiger partial charge in [-0.15, -0.1) is 0 Å². The van der Waals surface area contributed by atoms with Gasteiger partial charge in [0.2, 0.25) is 0 Å². The Balaban J connectivity index is 2.50. The van der Waals surface area contributed by atoms with E-state index in [1.807, 2.05) is 6.92 Å². The molecule has 0 bridgehead atoms. The average Bonchev–Trinajstić information content (AvgIpc) is 2.35. The van der Waals surface area contributed by atoms with E-state index in [0.29, 0.717) is 25.0 Å². The zero-order valence-electron chi connectivity index (χ0n) is 11.5. The van der Waals surface area contributed by atoms with Gasteiger partial charge in [0.05, 0.1) is 0 Å². The summed E-state index contributed by atoms with van der Waals surface area (Å²) in [7, 11) is 0.